The summed E-state index contributed by atoms with van der Waals surface area (Å²) >= 11 is 0. The van der Waals surface area contributed by atoms with Gasteiger partial charge in [-0.25, -0.2) is 9.78 Å². The molecule has 0 unspecified atom stereocenters. The Hall–Kier alpha value is -2.98. The lowest BCUT2D eigenvalue weighted by molar-refractivity contribution is -0.365. The number of H-pyrrole nitrogens is 1. The van der Waals surface area contributed by atoms with Gasteiger partial charge in [-0.2, -0.15) is 0 Å². The number of hydrogen-bond acceptors (Lipinski definition) is 2. The molecule has 0 amide bonds. The lowest BCUT2D eigenvalue weighted by Gasteiger charge is -2.09. The fourth-order valence-electron chi connectivity index (χ4n) is 3.53. The molecule has 1 heterocycles. The maximum atomic E-state index is 11.7. The van der Waals surface area contributed by atoms with Crippen LogP contribution in [-0.4, -0.2) is 16.6 Å². The Morgan fingerprint density at radius 2 is 1.85 bits per heavy atom. The van der Waals surface area contributed by atoms with Crippen LogP contribution in [0.25, 0.3) is 11.3 Å². The molecule has 0 aliphatic heterocycles. The number of aromatic nitrogens is 1. The van der Waals surface area contributed by atoms with Crippen molar-refractivity contribution >= 4 is 5.97 Å². The van der Waals surface area contributed by atoms with Crippen molar-refractivity contribution in [3.63, 3.8) is 0 Å². The van der Waals surface area contributed by atoms with E-state index in [1.54, 1.807) is 0 Å². The van der Waals surface area contributed by atoms with Crippen LogP contribution in [0.5, 0.6) is 0 Å². The summed E-state index contributed by atoms with van der Waals surface area (Å²) in [6.07, 6.45) is 4.94. The van der Waals surface area contributed by atoms with Gasteiger partial charge in [0, 0.05) is 23.1 Å². The average Bonchev–Trinajstić information content (AvgIpc) is 3.48. The first-order valence-electron chi connectivity index (χ1n) is 9.04. The van der Waals surface area contributed by atoms with Crippen LogP contribution in [0, 0.1) is 6.92 Å². The second-order valence-corrected chi connectivity index (χ2v) is 7.10. The van der Waals surface area contributed by atoms with Gasteiger partial charge >= 0.3 is 5.97 Å². The molecule has 0 atom stereocenters. The first-order valence-corrected chi connectivity index (χ1v) is 9.04. The van der Waals surface area contributed by atoms with E-state index in [1.165, 1.54) is 12.8 Å². The Bertz CT molecular complexity index is 963. The highest BCUT2D eigenvalue weighted by Crippen LogP contribution is 2.40. The van der Waals surface area contributed by atoms with E-state index >= 15 is 0 Å². The summed E-state index contributed by atoms with van der Waals surface area (Å²) in [5.41, 5.74) is 6.94. The molecule has 4 heteroatoms. The van der Waals surface area contributed by atoms with Gasteiger partial charge in [-0.1, -0.05) is 30.3 Å². The molecule has 3 aromatic rings. The van der Waals surface area contributed by atoms with Gasteiger partial charge in [-0.15, -0.1) is 0 Å². The van der Waals surface area contributed by atoms with E-state index < -0.39 is 5.97 Å². The topological polar surface area (TPSA) is 81.4 Å². The number of carboxylic acids is 1. The van der Waals surface area contributed by atoms with E-state index in [0.29, 0.717) is 17.9 Å². The molecule has 1 saturated carbocycles. The Labute approximate surface area is 158 Å². The van der Waals surface area contributed by atoms with Crippen LogP contribution in [0.4, 0.5) is 0 Å². The van der Waals surface area contributed by atoms with Gasteiger partial charge in [0.1, 0.15) is 0 Å². The highest BCUT2D eigenvalue weighted by atomic mass is 16.4. The third kappa shape index (κ3) is 4.07. The van der Waals surface area contributed by atoms with Crippen molar-refractivity contribution in [1.82, 2.24) is 0 Å². The third-order valence-electron chi connectivity index (χ3n) is 5.07. The molecule has 0 bridgehead atoms. The Morgan fingerprint density at radius 1 is 1.11 bits per heavy atom. The summed E-state index contributed by atoms with van der Waals surface area (Å²) < 4.78 is 0. The van der Waals surface area contributed by atoms with E-state index in [-0.39, 0.29) is 5.48 Å². The zero-order chi connectivity index (χ0) is 18.1. The van der Waals surface area contributed by atoms with Crippen molar-refractivity contribution in [3.05, 3.63) is 88.6 Å². The number of rotatable bonds is 5. The van der Waals surface area contributed by atoms with Crippen LogP contribution in [-0.2, 0) is 6.42 Å². The largest absolute Gasteiger partial charge is 0.870 e. The standard InChI is InChI=1S/C23H21NO2.H2O/c1-15-11-16(14-24-22(15)18-5-3-2-4-6-18)12-20-10-9-19(17-7-8-17)13-21(20)23(25)26;/h2-6,9-11,13-14,17H,7-8,12H2,1H3,(H,25,26);1H2. The predicted octanol–water partition coefficient (Wildman–Crippen LogP) is 4.47. The Kier molecular flexibility index (Phi) is 5.38. The van der Waals surface area contributed by atoms with Crippen molar-refractivity contribution in [2.24, 2.45) is 0 Å². The van der Waals surface area contributed by atoms with Crippen molar-refractivity contribution < 1.29 is 20.4 Å². The molecular weight excluding hydrogens is 338 g/mol. The second kappa shape index (κ2) is 7.72. The van der Waals surface area contributed by atoms with E-state index in [9.17, 15) is 9.90 Å². The van der Waals surface area contributed by atoms with Gasteiger partial charge in [0.05, 0.1) is 5.56 Å². The molecule has 27 heavy (non-hydrogen) atoms. The minimum Gasteiger partial charge on any atom is -0.870 e. The number of aromatic carboxylic acids is 1. The van der Waals surface area contributed by atoms with Gasteiger partial charge in [-0.05, 0) is 61.1 Å². The molecule has 0 saturated heterocycles. The number of carbonyl (C=O) groups is 1. The summed E-state index contributed by atoms with van der Waals surface area (Å²) in [5, 5.41) is 9.61. The van der Waals surface area contributed by atoms with Gasteiger partial charge in [0.2, 0.25) is 5.69 Å². The summed E-state index contributed by atoms with van der Waals surface area (Å²) in [4.78, 5) is 15.1. The minimum absolute atomic E-state index is 0. The van der Waals surface area contributed by atoms with Crippen LogP contribution < -0.4 is 4.98 Å². The molecular formula is C23H23NO3. The van der Waals surface area contributed by atoms with Crippen LogP contribution in [0.1, 0.15) is 51.4 Å². The fourth-order valence-corrected chi connectivity index (χ4v) is 3.53. The maximum Gasteiger partial charge on any atom is 0.335 e. The molecule has 1 aliphatic carbocycles. The highest BCUT2D eigenvalue weighted by Gasteiger charge is 2.25. The Balaban J connectivity index is 0.00000210. The Morgan fingerprint density at radius 3 is 2.48 bits per heavy atom. The number of aryl methyl sites for hydroxylation is 1. The van der Waals surface area contributed by atoms with Crippen LogP contribution >= 0.6 is 0 Å². The summed E-state index contributed by atoms with van der Waals surface area (Å²) in [7, 11) is 0. The van der Waals surface area contributed by atoms with E-state index in [4.69, 9.17) is 0 Å². The number of nitrogens with one attached hydrogen (secondary N) is 1. The molecule has 2 aromatic carbocycles. The number of benzene rings is 2. The first-order chi connectivity index (χ1) is 12.6. The molecule has 4 rings (SSSR count). The summed E-state index contributed by atoms with van der Waals surface area (Å²) in [6.45, 7) is 2.08. The molecule has 138 valence electrons. The van der Waals surface area contributed by atoms with Crippen LogP contribution in [0.2, 0.25) is 0 Å². The average molecular weight is 361 g/mol. The van der Waals surface area contributed by atoms with Crippen molar-refractivity contribution in [2.75, 3.05) is 0 Å². The van der Waals surface area contributed by atoms with E-state index in [0.717, 1.165) is 33.5 Å². The maximum absolute atomic E-state index is 11.7. The van der Waals surface area contributed by atoms with E-state index in [1.807, 2.05) is 36.5 Å². The van der Waals surface area contributed by atoms with Crippen molar-refractivity contribution in [3.8, 4) is 11.3 Å². The highest BCUT2D eigenvalue weighted by molar-refractivity contribution is 5.89. The predicted molar refractivity (Wildman–Crippen MR) is 103 cm³/mol. The molecule has 1 aliphatic rings. The lowest BCUT2D eigenvalue weighted by atomic mass is 9.96. The zero-order valence-electron chi connectivity index (χ0n) is 15.3. The third-order valence-corrected chi connectivity index (χ3v) is 5.07. The van der Waals surface area contributed by atoms with Gasteiger partial charge in [0.25, 0.3) is 0 Å². The monoisotopic (exact) mass is 361 g/mol. The number of pyridine rings is 1. The minimum atomic E-state index is -0.843. The van der Waals surface area contributed by atoms with Gasteiger partial charge < -0.3 is 10.6 Å². The molecule has 0 radical (unpaired) electrons. The summed E-state index contributed by atoms with van der Waals surface area (Å²) in [5.74, 6) is -0.285. The molecule has 1 fully saturated rings. The number of aromatic amines is 1. The normalized spacial score (nSPS) is 13.1. The zero-order valence-corrected chi connectivity index (χ0v) is 15.3. The molecule has 0 spiro atoms. The van der Waals surface area contributed by atoms with E-state index in [2.05, 4.69) is 36.2 Å². The molecule has 1 aromatic heterocycles. The lowest BCUT2D eigenvalue weighted by Crippen LogP contribution is -2.11. The van der Waals surface area contributed by atoms with Crippen molar-refractivity contribution in [1.29, 1.82) is 0 Å². The molecule has 3 N–H and O–H groups in total. The fraction of sp³-hybridized carbons (Fsp3) is 0.217. The van der Waals surface area contributed by atoms with Gasteiger partial charge in [-0.3, -0.25) is 0 Å². The SMILES string of the molecule is Cc1cc(Cc2ccc(C3CC3)cc2C(=O)O)c[nH+]c1-c1ccccc1.[OH-]. The first kappa shape index (κ1) is 18.8. The van der Waals surface area contributed by atoms with Crippen molar-refractivity contribution in [2.45, 2.75) is 32.1 Å². The quantitative estimate of drug-likeness (QED) is 0.728. The van der Waals surface area contributed by atoms with Crippen LogP contribution in [0.15, 0.2) is 60.8 Å². The second-order valence-electron chi connectivity index (χ2n) is 7.10. The molecule has 4 nitrogen and oxygen atoms in total. The van der Waals surface area contributed by atoms with Crippen LogP contribution in [0.3, 0.4) is 0 Å². The smallest absolute Gasteiger partial charge is 0.335 e. The number of hydrogen-bond donors (Lipinski definition) is 1. The number of carboxylic acid groups (broad SMARTS) is 1. The van der Waals surface area contributed by atoms with Gasteiger partial charge in [0.15, 0.2) is 6.20 Å². The summed E-state index contributed by atoms with van der Waals surface area (Å²) in [6, 6.07) is 18.3.